The van der Waals surface area contributed by atoms with E-state index in [9.17, 15) is 14.4 Å². The Morgan fingerprint density at radius 2 is 0.508 bits per heavy atom. The maximum atomic E-state index is 12.9. The van der Waals surface area contributed by atoms with Crippen LogP contribution in [-0.2, 0) is 28.6 Å². The van der Waals surface area contributed by atoms with Crippen LogP contribution in [-0.4, -0.2) is 37.2 Å². The number of ether oxygens (including phenoxy) is 3. The number of hydrogen-bond acceptors (Lipinski definition) is 6. The van der Waals surface area contributed by atoms with E-state index in [0.717, 1.165) is 63.7 Å². The molecule has 0 aromatic heterocycles. The number of esters is 3. The van der Waals surface area contributed by atoms with Crippen LogP contribution in [0.2, 0.25) is 0 Å². The molecule has 0 radical (unpaired) electrons. The molecule has 0 heterocycles. The van der Waals surface area contributed by atoms with Gasteiger partial charge in [-0.3, -0.25) is 14.4 Å². The fourth-order valence-electron chi connectivity index (χ4n) is 9.10. The van der Waals surface area contributed by atoms with Crippen molar-refractivity contribution in [1.82, 2.24) is 0 Å². The monoisotopic (exact) mass is 919 g/mol. The zero-order chi connectivity index (χ0) is 47.4. The summed E-state index contributed by atoms with van der Waals surface area (Å²) < 4.78 is 16.9. The molecule has 0 amide bonds. The molecule has 0 rings (SSSR count). The minimum Gasteiger partial charge on any atom is -0.462 e. The summed E-state index contributed by atoms with van der Waals surface area (Å²) in [6.07, 6.45) is 58.0. The molecule has 0 spiro atoms. The summed E-state index contributed by atoms with van der Waals surface area (Å²) in [4.78, 5) is 38.2. The number of hydrogen-bond donors (Lipinski definition) is 0. The molecule has 65 heavy (non-hydrogen) atoms. The van der Waals surface area contributed by atoms with Crippen LogP contribution in [0.4, 0.5) is 0 Å². The van der Waals surface area contributed by atoms with Gasteiger partial charge in [0.1, 0.15) is 13.2 Å². The largest absolute Gasteiger partial charge is 0.462 e. The first-order valence-corrected chi connectivity index (χ1v) is 29.4. The predicted octanol–water partition coefficient (Wildman–Crippen LogP) is 19.4. The Bertz CT molecular complexity index is 980. The molecule has 0 N–H and O–H groups in total. The maximum absolute atomic E-state index is 12.9. The number of carbonyl (C=O) groups is 3. The van der Waals surface area contributed by atoms with Gasteiger partial charge in [-0.2, -0.15) is 0 Å². The van der Waals surface area contributed by atoms with Gasteiger partial charge in [0.25, 0.3) is 0 Å². The van der Waals surface area contributed by atoms with E-state index < -0.39 is 6.10 Å². The van der Waals surface area contributed by atoms with E-state index >= 15 is 0 Å². The van der Waals surface area contributed by atoms with Crippen molar-refractivity contribution in [2.75, 3.05) is 13.2 Å². The molecule has 386 valence electrons. The van der Waals surface area contributed by atoms with Crippen LogP contribution in [0.15, 0.2) is 0 Å². The first-order valence-electron chi connectivity index (χ1n) is 29.4. The second-order valence-electron chi connectivity index (χ2n) is 20.8. The molecule has 0 aliphatic rings. The fraction of sp³-hybridized carbons (Fsp3) is 0.949. The molecule has 1 atom stereocenters. The van der Waals surface area contributed by atoms with Crippen LogP contribution >= 0.6 is 0 Å². The third-order valence-electron chi connectivity index (χ3n) is 13.5. The summed E-state index contributed by atoms with van der Waals surface area (Å²) in [5.41, 5.74) is 0. The smallest absolute Gasteiger partial charge is 0.306 e. The molecule has 0 fully saturated rings. The topological polar surface area (TPSA) is 78.9 Å². The summed E-state index contributed by atoms with van der Waals surface area (Å²) in [7, 11) is 0. The Morgan fingerprint density at radius 1 is 0.292 bits per heavy atom. The fourth-order valence-corrected chi connectivity index (χ4v) is 9.10. The Morgan fingerprint density at radius 3 is 0.754 bits per heavy atom. The van der Waals surface area contributed by atoms with Crippen LogP contribution < -0.4 is 0 Å². The number of unbranched alkanes of at least 4 members (excludes halogenated alkanes) is 41. The first kappa shape index (κ1) is 63.4. The van der Waals surface area contributed by atoms with Gasteiger partial charge in [0.2, 0.25) is 0 Å². The van der Waals surface area contributed by atoms with Gasteiger partial charge in [-0.25, -0.2) is 0 Å². The van der Waals surface area contributed by atoms with Crippen LogP contribution in [0.3, 0.4) is 0 Å². The zero-order valence-corrected chi connectivity index (χ0v) is 44.5. The van der Waals surface area contributed by atoms with Gasteiger partial charge < -0.3 is 14.2 Å². The SMILES string of the molecule is CCCCCCCCCCCCCCCCCCCC(=O)OC[C@H](COC(=O)CCCCCCCCCCCCCCCC)OC(=O)CCCCCCCCCCCCCCCC(C)C. The minimum atomic E-state index is -0.762. The molecule has 0 aromatic rings. The molecule has 0 aliphatic carbocycles. The van der Waals surface area contributed by atoms with Gasteiger partial charge in [0.05, 0.1) is 0 Å². The Balaban J connectivity index is 4.29. The Labute approximate surface area is 406 Å². The summed E-state index contributed by atoms with van der Waals surface area (Å²) >= 11 is 0. The Hall–Kier alpha value is -1.59. The van der Waals surface area contributed by atoms with Crippen molar-refractivity contribution in [2.24, 2.45) is 5.92 Å². The zero-order valence-electron chi connectivity index (χ0n) is 44.5. The second-order valence-corrected chi connectivity index (χ2v) is 20.8. The lowest BCUT2D eigenvalue weighted by Crippen LogP contribution is -2.30. The second kappa shape index (κ2) is 53.4. The van der Waals surface area contributed by atoms with E-state index in [0.29, 0.717) is 19.3 Å². The van der Waals surface area contributed by atoms with Gasteiger partial charge in [0.15, 0.2) is 6.10 Å². The molecular weight excluding hydrogens is 805 g/mol. The lowest BCUT2D eigenvalue weighted by atomic mass is 10.0. The van der Waals surface area contributed by atoms with Gasteiger partial charge in [-0.15, -0.1) is 0 Å². The summed E-state index contributed by atoms with van der Waals surface area (Å²) in [5, 5.41) is 0. The van der Waals surface area contributed by atoms with Gasteiger partial charge in [0, 0.05) is 19.3 Å². The third kappa shape index (κ3) is 53.2. The molecule has 0 unspecified atom stereocenters. The van der Waals surface area contributed by atoms with E-state index in [1.807, 2.05) is 0 Å². The van der Waals surface area contributed by atoms with E-state index in [2.05, 4.69) is 27.7 Å². The van der Waals surface area contributed by atoms with E-state index in [1.54, 1.807) is 0 Å². The van der Waals surface area contributed by atoms with Crippen LogP contribution in [0, 0.1) is 5.92 Å². The van der Waals surface area contributed by atoms with E-state index in [4.69, 9.17) is 14.2 Å². The highest BCUT2D eigenvalue weighted by atomic mass is 16.6. The highest BCUT2D eigenvalue weighted by Gasteiger charge is 2.19. The molecule has 0 saturated heterocycles. The molecule has 6 nitrogen and oxygen atoms in total. The average Bonchev–Trinajstić information content (AvgIpc) is 3.29. The van der Waals surface area contributed by atoms with Crippen LogP contribution in [0.1, 0.15) is 336 Å². The van der Waals surface area contributed by atoms with Crippen molar-refractivity contribution in [3.8, 4) is 0 Å². The van der Waals surface area contributed by atoms with E-state index in [1.165, 1.54) is 231 Å². The molecular formula is C59H114O6. The maximum Gasteiger partial charge on any atom is 0.306 e. The van der Waals surface area contributed by atoms with Crippen molar-refractivity contribution in [1.29, 1.82) is 0 Å². The summed E-state index contributed by atoms with van der Waals surface area (Å²) in [6.45, 7) is 9.07. The van der Waals surface area contributed by atoms with Crippen molar-refractivity contribution in [3.05, 3.63) is 0 Å². The van der Waals surface area contributed by atoms with Crippen molar-refractivity contribution >= 4 is 17.9 Å². The minimum absolute atomic E-state index is 0.0617. The van der Waals surface area contributed by atoms with Gasteiger partial charge >= 0.3 is 17.9 Å². The van der Waals surface area contributed by atoms with Gasteiger partial charge in [-0.1, -0.05) is 297 Å². The number of rotatable bonds is 54. The van der Waals surface area contributed by atoms with Crippen molar-refractivity contribution in [3.63, 3.8) is 0 Å². The van der Waals surface area contributed by atoms with Crippen LogP contribution in [0.25, 0.3) is 0 Å². The van der Waals surface area contributed by atoms with Crippen LogP contribution in [0.5, 0.6) is 0 Å². The quantitative estimate of drug-likeness (QED) is 0.0344. The standard InChI is InChI=1S/C59H114O6/c1-5-7-9-11-13-15-17-19-21-22-23-27-31-35-39-43-47-51-58(61)64-54-56(53-63-57(60)50-46-42-38-34-30-26-20-18-16-14-12-10-8-6-2)65-59(62)52-48-44-40-36-32-28-24-25-29-33-37-41-45-49-55(3)4/h55-56H,5-54H2,1-4H3/t56-/m0/s1. The van der Waals surface area contributed by atoms with Crippen molar-refractivity contribution in [2.45, 2.75) is 342 Å². The first-order chi connectivity index (χ1) is 31.9. The molecule has 0 saturated carbocycles. The molecule has 0 aliphatic heterocycles. The lowest BCUT2D eigenvalue weighted by Gasteiger charge is -2.18. The van der Waals surface area contributed by atoms with Gasteiger partial charge in [-0.05, 0) is 25.2 Å². The normalized spacial score (nSPS) is 12.0. The molecule has 0 aromatic carbocycles. The Kier molecular flexibility index (Phi) is 52.1. The summed E-state index contributed by atoms with van der Waals surface area (Å²) in [6, 6.07) is 0. The lowest BCUT2D eigenvalue weighted by molar-refractivity contribution is -0.167. The predicted molar refractivity (Wildman–Crippen MR) is 280 cm³/mol. The highest BCUT2D eigenvalue weighted by molar-refractivity contribution is 5.71. The summed E-state index contributed by atoms with van der Waals surface area (Å²) in [5.74, 6) is 0.00448. The molecule has 0 bridgehead atoms. The van der Waals surface area contributed by atoms with Crippen molar-refractivity contribution < 1.29 is 28.6 Å². The molecule has 6 heteroatoms. The average molecular weight is 920 g/mol. The number of carbonyl (C=O) groups excluding carboxylic acids is 3. The van der Waals surface area contributed by atoms with E-state index in [-0.39, 0.29) is 31.1 Å². The highest BCUT2D eigenvalue weighted by Crippen LogP contribution is 2.18. The third-order valence-corrected chi connectivity index (χ3v) is 13.5.